The average molecular weight is 497 g/mol. The van der Waals surface area contributed by atoms with Gasteiger partial charge in [0.2, 0.25) is 15.9 Å². The second kappa shape index (κ2) is 9.80. The van der Waals surface area contributed by atoms with Crippen molar-refractivity contribution in [3.05, 3.63) is 52.5 Å². The summed E-state index contributed by atoms with van der Waals surface area (Å²) >= 11 is 3.31. The number of halogens is 1. The lowest BCUT2D eigenvalue weighted by molar-refractivity contribution is -0.126. The van der Waals surface area contributed by atoms with Gasteiger partial charge in [-0.1, -0.05) is 22.0 Å². The number of benzene rings is 2. The molecule has 162 valence electrons. The summed E-state index contributed by atoms with van der Waals surface area (Å²) in [6, 6.07) is 12.0. The second-order valence-electron chi connectivity index (χ2n) is 7.06. The molecule has 1 aliphatic heterocycles. The summed E-state index contributed by atoms with van der Waals surface area (Å²) in [5.41, 5.74) is 0.871. The zero-order valence-electron chi connectivity index (χ0n) is 16.9. The Bertz CT molecular complexity index is 995. The van der Waals surface area contributed by atoms with Crippen LogP contribution in [0.4, 0.5) is 0 Å². The largest absolute Gasteiger partial charge is 0.493 e. The van der Waals surface area contributed by atoms with Crippen LogP contribution in [0.5, 0.6) is 11.5 Å². The molecule has 0 saturated carbocycles. The number of methoxy groups -OCH3 is 2. The highest BCUT2D eigenvalue weighted by Crippen LogP contribution is 2.28. The van der Waals surface area contributed by atoms with Crippen LogP contribution in [-0.2, 0) is 21.4 Å². The lowest BCUT2D eigenvalue weighted by Crippen LogP contribution is -2.45. The number of carbonyl (C=O) groups excluding carboxylic acids is 1. The van der Waals surface area contributed by atoms with E-state index in [-0.39, 0.29) is 23.3 Å². The van der Waals surface area contributed by atoms with Crippen LogP contribution in [0.1, 0.15) is 18.4 Å². The molecule has 0 aliphatic carbocycles. The molecule has 1 aliphatic rings. The zero-order valence-corrected chi connectivity index (χ0v) is 19.3. The van der Waals surface area contributed by atoms with Crippen molar-refractivity contribution >= 4 is 31.9 Å². The van der Waals surface area contributed by atoms with Crippen molar-refractivity contribution in [2.24, 2.45) is 5.92 Å². The van der Waals surface area contributed by atoms with Gasteiger partial charge < -0.3 is 14.8 Å². The molecule has 0 unspecified atom stereocenters. The van der Waals surface area contributed by atoms with Crippen molar-refractivity contribution in [1.82, 2.24) is 9.62 Å². The maximum Gasteiger partial charge on any atom is 0.243 e. The van der Waals surface area contributed by atoms with E-state index in [9.17, 15) is 13.2 Å². The molecule has 1 amide bonds. The van der Waals surface area contributed by atoms with Crippen molar-refractivity contribution in [1.29, 1.82) is 0 Å². The van der Waals surface area contributed by atoms with E-state index in [1.165, 1.54) is 4.31 Å². The monoisotopic (exact) mass is 496 g/mol. The van der Waals surface area contributed by atoms with Crippen molar-refractivity contribution in [2.45, 2.75) is 24.3 Å². The Morgan fingerprint density at radius 3 is 2.50 bits per heavy atom. The van der Waals surface area contributed by atoms with Crippen molar-refractivity contribution in [3.63, 3.8) is 0 Å². The summed E-state index contributed by atoms with van der Waals surface area (Å²) < 4.78 is 38.6. The van der Waals surface area contributed by atoms with Crippen LogP contribution >= 0.6 is 15.9 Å². The summed E-state index contributed by atoms with van der Waals surface area (Å²) in [6.45, 7) is 0.920. The molecule has 1 heterocycles. The third-order valence-electron chi connectivity index (χ3n) is 5.12. The van der Waals surface area contributed by atoms with E-state index in [1.54, 1.807) is 44.6 Å². The SMILES string of the molecule is COc1ccc(CNC(=O)[C@H]2CCCN(S(=O)(=O)c3ccc(Br)cc3)C2)cc1OC. The van der Waals surface area contributed by atoms with E-state index in [2.05, 4.69) is 21.2 Å². The average Bonchev–Trinajstić information content (AvgIpc) is 2.77. The molecule has 30 heavy (non-hydrogen) atoms. The maximum absolute atomic E-state index is 12.9. The summed E-state index contributed by atoms with van der Waals surface area (Å²) in [4.78, 5) is 12.9. The van der Waals surface area contributed by atoms with Gasteiger partial charge >= 0.3 is 0 Å². The first kappa shape index (κ1) is 22.6. The fourth-order valence-electron chi connectivity index (χ4n) is 3.45. The first-order valence-corrected chi connectivity index (χ1v) is 11.8. The van der Waals surface area contributed by atoms with E-state index in [4.69, 9.17) is 9.47 Å². The minimum Gasteiger partial charge on any atom is -0.493 e. The number of rotatable bonds is 7. The summed E-state index contributed by atoms with van der Waals surface area (Å²) in [5, 5.41) is 2.91. The first-order valence-electron chi connectivity index (χ1n) is 9.59. The van der Waals surface area contributed by atoms with Crippen LogP contribution in [0.2, 0.25) is 0 Å². The van der Waals surface area contributed by atoms with Gasteiger partial charge in [-0.2, -0.15) is 4.31 Å². The van der Waals surface area contributed by atoms with Gasteiger partial charge in [0.15, 0.2) is 11.5 Å². The lowest BCUT2D eigenvalue weighted by Gasteiger charge is -2.31. The number of sulfonamides is 1. The van der Waals surface area contributed by atoms with Gasteiger partial charge in [0, 0.05) is 24.1 Å². The molecule has 1 fully saturated rings. The second-order valence-corrected chi connectivity index (χ2v) is 9.92. The first-order chi connectivity index (χ1) is 14.3. The van der Waals surface area contributed by atoms with E-state index in [1.807, 2.05) is 12.1 Å². The predicted molar refractivity (Wildman–Crippen MR) is 117 cm³/mol. The smallest absolute Gasteiger partial charge is 0.243 e. The number of nitrogens with zero attached hydrogens (tertiary/aromatic N) is 1. The normalized spacial score (nSPS) is 17.4. The molecule has 0 radical (unpaired) electrons. The molecule has 1 saturated heterocycles. The van der Waals surface area contributed by atoms with Gasteiger partial charge in [-0.25, -0.2) is 8.42 Å². The van der Waals surface area contributed by atoms with E-state index >= 15 is 0 Å². The third-order valence-corrected chi connectivity index (χ3v) is 7.53. The Morgan fingerprint density at radius 1 is 1.13 bits per heavy atom. The van der Waals surface area contributed by atoms with Crippen LogP contribution in [0.15, 0.2) is 51.8 Å². The van der Waals surface area contributed by atoms with Gasteiger partial charge in [-0.15, -0.1) is 0 Å². The standard InChI is InChI=1S/C21H25BrN2O5S/c1-28-19-10-5-15(12-20(19)29-2)13-23-21(25)16-4-3-11-24(14-16)30(26,27)18-8-6-17(22)7-9-18/h5-10,12,16H,3-4,11,13-14H2,1-2H3,(H,23,25)/t16-/m0/s1. The Kier molecular flexibility index (Phi) is 7.38. The molecule has 0 spiro atoms. The van der Waals surface area contributed by atoms with Crippen molar-refractivity contribution in [3.8, 4) is 11.5 Å². The van der Waals surface area contributed by atoms with Crippen LogP contribution in [0.25, 0.3) is 0 Å². The summed E-state index contributed by atoms with van der Waals surface area (Å²) in [7, 11) is -0.503. The van der Waals surface area contributed by atoms with E-state index < -0.39 is 10.0 Å². The van der Waals surface area contributed by atoms with Gasteiger partial charge in [-0.3, -0.25) is 4.79 Å². The number of nitrogens with one attached hydrogen (secondary N) is 1. The van der Waals surface area contributed by atoms with Gasteiger partial charge in [0.25, 0.3) is 0 Å². The minimum absolute atomic E-state index is 0.152. The molecule has 2 aromatic carbocycles. The van der Waals surface area contributed by atoms with Crippen LogP contribution in [0.3, 0.4) is 0 Å². The number of carbonyl (C=O) groups is 1. The van der Waals surface area contributed by atoms with Crippen LogP contribution in [0, 0.1) is 5.92 Å². The molecular formula is C21H25BrN2O5S. The highest BCUT2D eigenvalue weighted by Gasteiger charge is 2.33. The van der Waals surface area contributed by atoms with E-state index in [0.29, 0.717) is 37.4 Å². The van der Waals surface area contributed by atoms with Crippen LogP contribution in [-0.4, -0.2) is 45.9 Å². The third kappa shape index (κ3) is 5.14. The highest BCUT2D eigenvalue weighted by atomic mass is 79.9. The summed E-state index contributed by atoms with van der Waals surface area (Å²) in [6.07, 6.45) is 1.30. The molecule has 9 heteroatoms. The number of hydrogen-bond acceptors (Lipinski definition) is 5. The Hall–Kier alpha value is -2.10. The van der Waals surface area contributed by atoms with Crippen molar-refractivity contribution < 1.29 is 22.7 Å². The maximum atomic E-state index is 12.9. The Morgan fingerprint density at radius 2 is 1.83 bits per heavy atom. The number of piperidine rings is 1. The van der Waals surface area contributed by atoms with E-state index in [0.717, 1.165) is 10.0 Å². The molecule has 1 N–H and O–H groups in total. The number of ether oxygens (including phenoxy) is 2. The van der Waals surface area contributed by atoms with Gasteiger partial charge in [0.1, 0.15) is 0 Å². The Labute approximate surface area is 185 Å². The predicted octanol–water partition coefficient (Wildman–Crippen LogP) is 3.18. The molecular weight excluding hydrogens is 472 g/mol. The summed E-state index contributed by atoms with van der Waals surface area (Å²) in [5.74, 6) is 0.673. The molecule has 7 nitrogen and oxygen atoms in total. The molecule has 0 aromatic heterocycles. The number of amides is 1. The van der Waals surface area contributed by atoms with Gasteiger partial charge in [0.05, 0.1) is 25.0 Å². The zero-order chi connectivity index (χ0) is 21.7. The molecule has 3 rings (SSSR count). The minimum atomic E-state index is -3.63. The topological polar surface area (TPSA) is 84.9 Å². The van der Waals surface area contributed by atoms with Crippen molar-refractivity contribution in [2.75, 3.05) is 27.3 Å². The molecule has 1 atom stereocenters. The Balaban J connectivity index is 1.64. The quantitative estimate of drug-likeness (QED) is 0.636. The lowest BCUT2D eigenvalue weighted by atomic mass is 9.98. The fraction of sp³-hybridized carbons (Fsp3) is 0.381. The number of hydrogen-bond donors (Lipinski definition) is 1. The molecule has 2 aromatic rings. The van der Waals surface area contributed by atoms with Crippen LogP contribution < -0.4 is 14.8 Å². The molecule has 0 bridgehead atoms. The van der Waals surface area contributed by atoms with Gasteiger partial charge in [-0.05, 0) is 54.8 Å². The highest BCUT2D eigenvalue weighted by molar-refractivity contribution is 9.10. The fourth-order valence-corrected chi connectivity index (χ4v) is 5.24.